The molecule has 4 rings (SSSR count). The number of carbonyl (C=O) groups is 2. The molecule has 0 radical (unpaired) electrons. The van der Waals surface area contributed by atoms with Crippen LogP contribution in [-0.2, 0) is 0 Å². The molecule has 3 heterocycles. The Kier molecular flexibility index (Phi) is 4.28. The average molecular weight is 403 g/mol. The molecule has 0 fully saturated rings. The van der Waals surface area contributed by atoms with E-state index in [1.807, 2.05) is 11.4 Å². The summed E-state index contributed by atoms with van der Waals surface area (Å²) in [6.07, 6.45) is 0. The third-order valence-corrected chi connectivity index (χ3v) is 5.88. The van der Waals surface area contributed by atoms with Crippen molar-refractivity contribution in [3.05, 3.63) is 63.4 Å². The van der Waals surface area contributed by atoms with Gasteiger partial charge in [-0.05, 0) is 35.2 Å². The molecule has 0 spiro atoms. The van der Waals surface area contributed by atoms with Crippen LogP contribution in [0.2, 0.25) is 5.02 Å². The Morgan fingerprint density at radius 3 is 2.58 bits per heavy atom. The van der Waals surface area contributed by atoms with Crippen LogP contribution in [0.4, 0.5) is 5.00 Å². The molecule has 1 amide bonds. The van der Waals surface area contributed by atoms with Gasteiger partial charge in [0.15, 0.2) is 0 Å². The van der Waals surface area contributed by atoms with Gasteiger partial charge in [0.2, 0.25) is 0 Å². The molecule has 0 aliphatic rings. The standard InChI is InChI=1S/C18H11ClN2O3S2/c19-10-3-1-9(2-4-10)11-8-26-17(15(11)18(23)24)21-16(22)13-7-14-12(20-13)5-6-25-14/h1-8,20H,(H,21,22)(H,23,24). The van der Waals surface area contributed by atoms with Gasteiger partial charge in [-0.2, -0.15) is 0 Å². The lowest BCUT2D eigenvalue weighted by molar-refractivity contribution is 0.0699. The topological polar surface area (TPSA) is 82.2 Å². The van der Waals surface area contributed by atoms with E-state index >= 15 is 0 Å². The van der Waals surface area contributed by atoms with Gasteiger partial charge in [0.25, 0.3) is 5.91 Å². The van der Waals surface area contributed by atoms with Crippen molar-refractivity contribution >= 4 is 61.4 Å². The maximum Gasteiger partial charge on any atom is 0.339 e. The lowest BCUT2D eigenvalue weighted by Gasteiger charge is -2.05. The molecule has 0 atom stereocenters. The highest BCUT2D eigenvalue weighted by atomic mass is 35.5. The molecule has 0 saturated heterocycles. The second-order valence-corrected chi connectivity index (χ2v) is 7.76. The van der Waals surface area contributed by atoms with Gasteiger partial charge in [-0.3, -0.25) is 4.79 Å². The van der Waals surface area contributed by atoms with E-state index < -0.39 is 5.97 Å². The van der Waals surface area contributed by atoms with Crippen LogP contribution in [-0.4, -0.2) is 22.0 Å². The van der Waals surface area contributed by atoms with Crippen molar-refractivity contribution in [3.8, 4) is 11.1 Å². The van der Waals surface area contributed by atoms with Crippen LogP contribution in [0.5, 0.6) is 0 Å². The second-order valence-electron chi connectivity index (χ2n) is 5.50. The highest BCUT2D eigenvalue weighted by molar-refractivity contribution is 7.17. The van der Waals surface area contributed by atoms with Crippen LogP contribution in [0.25, 0.3) is 21.3 Å². The van der Waals surface area contributed by atoms with Crippen molar-refractivity contribution in [2.45, 2.75) is 0 Å². The number of anilines is 1. The second kappa shape index (κ2) is 6.60. The number of aromatic carboxylic acids is 1. The van der Waals surface area contributed by atoms with Gasteiger partial charge < -0.3 is 15.4 Å². The fourth-order valence-corrected chi connectivity index (χ4v) is 4.51. The zero-order valence-corrected chi connectivity index (χ0v) is 15.5. The normalized spacial score (nSPS) is 11.0. The number of amides is 1. The Morgan fingerprint density at radius 2 is 1.88 bits per heavy atom. The lowest BCUT2D eigenvalue weighted by Crippen LogP contribution is -2.13. The maximum absolute atomic E-state index is 12.5. The average Bonchev–Trinajstić information content (AvgIpc) is 3.29. The molecule has 130 valence electrons. The number of rotatable bonds is 4. The summed E-state index contributed by atoms with van der Waals surface area (Å²) < 4.78 is 0.974. The molecule has 8 heteroatoms. The molecule has 26 heavy (non-hydrogen) atoms. The zero-order chi connectivity index (χ0) is 18.3. The first-order chi connectivity index (χ1) is 12.5. The first kappa shape index (κ1) is 16.8. The fraction of sp³-hybridized carbons (Fsp3) is 0. The monoisotopic (exact) mass is 402 g/mol. The molecule has 3 aromatic heterocycles. The Labute approximate surface area is 160 Å². The maximum atomic E-state index is 12.5. The van der Waals surface area contributed by atoms with Crippen molar-refractivity contribution in [3.63, 3.8) is 0 Å². The number of halogens is 1. The summed E-state index contributed by atoms with van der Waals surface area (Å²) in [7, 11) is 0. The number of hydrogen-bond donors (Lipinski definition) is 3. The van der Waals surface area contributed by atoms with Gasteiger partial charge in [0, 0.05) is 16.0 Å². The minimum atomic E-state index is -1.10. The number of hydrogen-bond acceptors (Lipinski definition) is 4. The van der Waals surface area contributed by atoms with Gasteiger partial charge in [-0.25, -0.2) is 4.79 Å². The number of carboxylic acids is 1. The number of fused-ring (bicyclic) bond motifs is 1. The van der Waals surface area contributed by atoms with Crippen molar-refractivity contribution in [2.75, 3.05) is 5.32 Å². The largest absolute Gasteiger partial charge is 0.478 e. The third-order valence-electron chi connectivity index (χ3n) is 3.87. The van der Waals surface area contributed by atoms with Crippen LogP contribution in [0.3, 0.4) is 0 Å². The summed E-state index contributed by atoms with van der Waals surface area (Å²) in [6, 6.07) is 10.5. The molecule has 0 aliphatic carbocycles. The number of benzene rings is 1. The van der Waals surface area contributed by atoms with E-state index in [1.165, 1.54) is 22.7 Å². The van der Waals surface area contributed by atoms with Crippen LogP contribution in [0, 0.1) is 0 Å². The van der Waals surface area contributed by atoms with Crippen LogP contribution >= 0.6 is 34.3 Å². The van der Waals surface area contributed by atoms with Gasteiger partial charge >= 0.3 is 5.97 Å². The predicted octanol–water partition coefficient (Wildman–Crippen LogP) is 5.56. The smallest absolute Gasteiger partial charge is 0.339 e. The predicted molar refractivity (Wildman–Crippen MR) is 106 cm³/mol. The van der Waals surface area contributed by atoms with E-state index in [0.717, 1.165) is 15.8 Å². The Balaban J connectivity index is 1.68. The molecule has 1 aromatic carbocycles. The van der Waals surface area contributed by atoms with E-state index in [0.29, 0.717) is 21.3 Å². The summed E-state index contributed by atoms with van der Waals surface area (Å²) in [5.41, 5.74) is 2.61. The SMILES string of the molecule is O=C(Nc1scc(-c2ccc(Cl)cc2)c1C(=O)O)c1cc2sccc2[nH]1. The first-order valence-corrected chi connectivity index (χ1v) is 9.65. The molecule has 0 unspecified atom stereocenters. The lowest BCUT2D eigenvalue weighted by atomic mass is 10.0. The van der Waals surface area contributed by atoms with E-state index in [1.54, 1.807) is 35.7 Å². The highest BCUT2D eigenvalue weighted by Gasteiger charge is 2.22. The van der Waals surface area contributed by atoms with Crippen LogP contribution in [0.15, 0.2) is 47.2 Å². The van der Waals surface area contributed by atoms with E-state index in [-0.39, 0.29) is 11.5 Å². The number of carbonyl (C=O) groups excluding carboxylic acids is 1. The zero-order valence-electron chi connectivity index (χ0n) is 13.1. The van der Waals surface area contributed by atoms with Crippen LogP contribution < -0.4 is 5.32 Å². The van der Waals surface area contributed by atoms with E-state index in [4.69, 9.17) is 11.6 Å². The summed E-state index contributed by atoms with van der Waals surface area (Å²) in [5.74, 6) is -1.47. The number of carboxylic acid groups (broad SMARTS) is 1. The van der Waals surface area contributed by atoms with Gasteiger partial charge in [0.05, 0.1) is 10.2 Å². The van der Waals surface area contributed by atoms with Crippen molar-refractivity contribution < 1.29 is 14.7 Å². The van der Waals surface area contributed by atoms with Crippen LogP contribution in [0.1, 0.15) is 20.8 Å². The number of aromatic nitrogens is 1. The number of aromatic amines is 1. The molecule has 3 N–H and O–H groups in total. The minimum Gasteiger partial charge on any atom is -0.478 e. The Morgan fingerprint density at radius 1 is 1.12 bits per heavy atom. The molecule has 0 saturated carbocycles. The summed E-state index contributed by atoms with van der Waals surface area (Å²) in [6.45, 7) is 0. The highest BCUT2D eigenvalue weighted by Crippen LogP contribution is 2.36. The number of nitrogens with one attached hydrogen (secondary N) is 2. The molecule has 5 nitrogen and oxygen atoms in total. The Hall–Kier alpha value is -2.61. The summed E-state index contributed by atoms with van der Waals surface area (Å²) in [5, 5.41) is 16.9. The third kappa shape index (κ3) is 3.01. The van der Waals surface area contributed by atoms with Crippen molar-refractivity contribution in [2.24, 2.45) is 0 Å². The molecular weight excluding hydrogens is 392 g/mol. The van der Waals surface area contributed by atoms with Gasteiger partial charge in [0.1, 0.15) is 16.3 Å². The first-order valence-electron chi connectivity index (χ1n) is 7.51. The van der Waals surface area contributed by atoms with Crippen molar-refractivity contribution in [1.82, 2.24) is 4.98 Å². The quantitative estimate of drug-likeness (QED) is 0.417. The number of thiophene rings is 2. The summed E-state index contributed by atoms with van der Waals surface area (Å²) in [4.78, 5) is 27.3. The fourth-order valence-electron chi connectivity index (χ4n) is 2.65. The van der Waals surface area contributed by atoms with E-state index in [2.05, 4.69) is 10.3 Å². The van der Waals surface area contributed by atoms with Gasteiger partial charge in [-0.15, -0.1) is 22.7 Å². The minimum absolute atomic E-state index is 0.0686. The molecule has 4 aromatic rings. The summed E-state index contributed by atoms with van der Waals surface area (Å²) >= 11 is 8.60. The van der Waals surface area contributed by atoms with Crippen molar-refractivity contribution in [1.29, 1.82) is 0 Å². The Bertz CT molecular complexity index is 1100. The molecular formula is C18H11ClN2O3S2. The van der Waals surface area contributed by atoms with Gasteiger partial charge in [-0.1, -0.05) is 23.7 Å². The number of H-pyrrole nitrogens is 1. The van der Waals surface area contributed by atoms with E-state index in [9.17, 15) is 14.7 Å². The molecule has 0 aliphatic heterocycles. The molecule has 0 bridgehead atoms.